The number of nitrogens with one attached hydrogen (secondary N) is 2. The summed E-state index contributed by atoms with van der Waals surface area (Å²) in [7, 11) is 2.89. The number of amides is 2. The topological polar surface area (TPSA) is 89.5 Å². The van der Waals surface area contributed by atoms with Gasteiger partial charge in [0.2, 0.25) is 11.8 Å². The molecule has 1 aromatic rings. The molecule has 0 atom stereocenters. The Balaban J connectivity index is 2.16. The van der Waals surface area contributed by atoms with Crippen LogP contribution in [-0.4, -0.2) is 42.5 Å². The Kier molecular flexibility index (Phi) is 14.7. The smallest absolute Gasteiger partial charge is 0.243 e. The molecular formula is C19H31N3O4S2. The first-order valence-corrected chi connectivity index (χ1v) is 11.5. The Bertz CT molecular complexity index is 527. The fourth-order valence-corrected chi connectivity index (χ4v) is 4.56. The number of carbonyl (C=O) groups excluding carboxylic acids is 2. The molecular weight excluding hydrogens is 398 g/mol. The summed E-state index contributed by atoms with van der Waals surface area (Å²) in [5.41, 5.74) is 4.66. The minimum Gasteiger partial charge on any atom is -0.277 e. The molecule has 9 heteroatoms. The Labute approximate surface area is 176 Å². The van der Waals surface area contributed by atoms with E-state index in [9.17, 15) is 9.59 Å². The van der Waals surface area contributed by atoms with Crippen molar-refractivity contribution in [2.45, 2.75) is 61.3 Å². The molecule has 0 radical (unpaired) electrons. The van der Waals surface area contributed by atoms with Gasteiger partial charge in [-0.1, -0.05) is 12.8 Å². The molecule has 2 N–H and O–H groups in total. The van der Waals surface area contributed by atoms with Crippen LogP contribution < -0.4 is 11.0 Å². The van der Waals surface area contributed by atoms with E-state index in [1.54, 1.807) is 11.8 Å². The lowest BCUT2D eigenvalue weighted by Crippen LogP contribution is -2.21. The maximum Gasteiger partial charge on any atom is 0.243 e. The lowest BCUT2D eigenvalue weighted by atomic mass is 10.2. The molecule has 0 unspecified atom stereocenters. The highest BCUT2D eigenvalue weighted by atomic mass is 32.2. The highest BCUT2D eigenvalue weighted by molar-refractivity contribution is 8.02. The monoisotopic (exact) mass is 429 g/mol. The predicted octanol–water partition coefficient (Wildman–Crippen LogP) is 3.74. The van der Waals surface area contributed by atoms with Gasteiger partial charge in [-0.25, -0.2) is 15.9 Å². The molecule has 1 rings (SSSR count). The molecule has 28 heavy (non-hydrogen) atoms. The molecule has 1 heterocycles. The molecule has 0 aliphatic heterocycles. The number of thioether (sulfide) groups is 2. The number of carbonyl (C=O) groups is 2. The van der Waals surface area contributed by atoms with Crippen molar-refractivity contribution in [2.24, 2.45) is 0 Å². The highest BCUT2D eigenvalue weighted by Crippen LogP contribution is 2.30. The molecule has 0 saturated carbocycles. The molecule has 0 aliphatic rings. The van der Waals surface area contributed by atoms with Crippen molar-refractivity contribution in [3.8, 4) is 0 Å². The molecule has 0 spiro atoms. The third-order valence-corrected chi connectivity index (χ3v) is 6.11. The average molecular weight is 430 g/mol. The van der Waals surface area contributed by atoms with E-state index in [1.165, 1.54) is 19.1 Å². The van der Waals surface area contributed by atoms with E-state index in [1.807, 2.05) is 24.0 Å². The van der Waals surface area contributed by atoms with E-state index < -0.39 is 0 Å². The van der Waals surface area contributed by atoms with E-state index in [4.69, 9.17) is 0 Å². The zero-order chi connectivity index (χ0) is 20.5. The fourth-order valence-electron chi connectivity index (χ4n) is 2.40. The van der Waals surface area contributed by atoms with Gasteiger partial charge in [0.05, 0.1) is 14.2 Å². The van der Waals surface area contributed by atoms with Gasteiger partial charge in [0.15, 0.2) is 0 Å². The van der Waals surface area contributed by atoms with Crippen LogP contribution in [0, 0.1) is 0 Å². The summed E-state index contributed by atoms with van der Waals surface area (Å²) >= 11 is 3.59. The van der Waals surface area contributed by atoms with Gasteiger partial charge in [-0.15, -0.1) is 23.5 Å². The lowest BCUT2D eigenvalue weighted by molar-refractivity contribution is -0.132. The number of nitrogens with zero attached hydrogens (tertiary/aromatic N) is 1. The van der Waals surface area contributed by atoms with E-state index in [0.717, 1.165) is 55.1 Å². The van der Waals surface area contributed by atoms with Crippen LogP contribution in [0.5, 0.6) is 0 Å². The Morgan fingerprint density at radius 2 is 1.46 bits per heavy atom. The third kappa shape index (κ3) is 12.2. The van der Waals surface area contributed by atoms with E-state index in [0.29, 0.717) is 12.8 Å². The van der Waals surface area contributed by atoms with Gasteiger partial charge in [-0.2, -0.15) is 0 Å². The summed E-state index contributed by atoms with van der Waals surface area (Å²) in [6.45, 7) is 0. The molecule has 158 valence electrons. The van der Waals surface area contributed by atoms with Gasteiger partial charge < -0.3 is 0 Å². The van der Waals surface area contributed by atoms with Crippen LogP contribution in [0.25, 0.3) is 0 Å². The van der Waals surface area contributed by atoms with Crippen molar-refractivity contribution >= 4 is 35.3 Å². The molecule has 2 amide bonds. The maximum absolute atomic E-state index is 11.3. The van der Waals surface area contributed by atoms with Crippen LogP contribution >= 0.6 is 23.5 Å². The first-order chi connectivity index (χ1) is 13.7. The molecule has 0 bridgehead atoms. The lowest BCUT2D eigenvalue weighted by Gasteiger charge is -2.08. The van der Waals surface area contributed by atoms with Crippen LogP contribution in [0.1, 0.15) is 51.4 Å². The normalized spacial score (nSPS) is 10.6. The summed E-state index contributed by atoms with van der Waals surface area (Å²) in [6.07, 6.45) is 8.70. The zero-order valence-electron chi connectivity index (χ0n) is 16.7. The summed E-state index contributed by atoms with van der Waals surface area (Å²) < 4.78 is 0. The molecule has 0 aromatic carbocycles. The minimum atomic E-state index is -0.0714. The van der Waals surface area contributed by atoms with Crippen molar-refractivity contribution in [1.29, 1.82) is 0 Å². The van der Waals surface area contributed by atoms with Gasteiger partial charge in [-0.3, -0.25) is 19.3 Å². The molecule has 7 nitrogen and oxygen atoms in total. The molecule has 0 fully saturated rings. The van der Waals surface area contributed by atoms with Gasteiger partial charge in [0, 0.05) is 23.9 Å². The van der Waals surface area contributed by atoms with Crippen molar-refractivity contribution in [1.82, 2.24) is 15.9 Å². The summed E-state index contributed by atoms with van der Waals surface area (Å²) in [6, 6.07) is 4.08. The van der Waals surface area contributed by atoms with Crippen LogP contribution in [0.2, 0.25) is 0 Å². The molecule has 0 aliphatic carbocycles. The van der Waals surface area contributed by atoms with Crippen molar-refractivity contribution < 1.29 is 19.3 Å². The quantitative estimate of drug-likeness (QED) is 0.235. The number of hydrogen-bond acceptors (Lipinski definition) is 7. The van der Waals surface area contributed by atoms with Gasteiger partial charge in [-0.05, 0) is 49.3 Å². The van der Waals surface area contributed by atoms with Crippen LogP contribution in [0.4, 0.5) is 0 Å². The van der Waals surface area contributed by atoms with E-state index in [2.05, 4.69) is 31.7 Å². The first-order valence-electron chi connectivity index (χ1n) is 9.51. The number of hydrogen-bond donors (Lipinski definition) is 2. The van der Waals surface area contributed by atoms with E-state index in [-0.39, 0.29) is 11.8 Å². The fraction of sp³-hybridized carbons (Fsp3) is 0.632. The number of pyridine rings is 1. The summed E-state index contributed by atoms with van der Waals surface area (Å²) in [5, 5.41) is 1.07. The highest BCUT2D eigenvalue weighted by Gasteiger charge is 2.06. The first kappa shape index (κ1) is 24.7. The second kappa shape index (κ2) is 16.6. The zero-order valence-corrected chi connectivity index (χ0v) is 18.3. The average Bonchev–Trinajstić information content (AvgIpc) is 2.68. The van der Waals surface area contributed by atoms with Crippen molar-refractivity contribution in [3.05, 3.63) is 18.3 Å². The number of aromatic nitrogens is 1. The predicted molar refractivity (Wildman–Crippen MR) is 113 cm³/mol. The van der Waals surface area contributed by atoms with Gasteiger partial charge in [0.25, 0.3) is 0 Å². The van der Waals surface area contributed by atoms with Gasteiger partial charge in [0.1, 0.15) is 5.03 Å². The summed E-state index contributed by atoms with van der Waals surface area (Å²) in [5.74, 6) is 1.86. The van der Waals surface area contributed by atoms with Crippen molar-refractivity contribution in [2.75, 3.05) is 25.7 Å². The maximum atomic E-state index is 11.3. The Morgan fingerprint density at radius 3 is 2.04 bits per heavy atom. The standard InChI is InChI=1S/C19H31N3O4S2/c1-25-21-17(23)11-5-3-7-14-27-16-10-9-13-20-19(16)28-15-8-4-6-12-18(24)22-26-2/h9-10,13H,3-8,11-12,14-15H2,1-2H3,(H,21,23)(H,22,24). The van der Waals surface area contributed by atoms with Crippen LogP contribution in [0.3, 0.4) is 0 Å². The van der Waals surface area contributed by atoms with Crippen LogP contribution in [-0.2, 0) is 19.3 Å². The Hall–Kier alpha value is -1.29. The van der Waals surface area contributed by atoms with Crippen LogP contribution in [0.15, 0.2) is 28.3 Å². The molecule has 1 aromatic heterocycles. The Morgan fingerprint density at radius 1 is 0.893 bits per heavy atom. The second-order valence-corrected chi connectivity index (χ2v) is 8.30. The second-order valence-electron chi connectivity index (χ2n) is 6.08. The van der Waals surface area contributed by atoms with Crippen molar-refractivity contribution in [3.63, 3.8) is 0 Å². The van der Waals surface area contributed by atoms with E-state index >= 15 is 0 Å². The molecule has 0 saturated heterocycles. The number of unbranched alkanes of at least 4 members (excludes halogenated alkanes) is 4. The number of hydroxylamine groups is 2. The summed E-state index contributed by atoms with van der Waals surface area (Å²) in [4.78, 5) is 37.5. The SMILES string of the molecule is CONC(=O)CCCCCSc1cccnc1SCCCCCC(=O)NOC. The van der Waals surface area contributed by atoms with Gasteiger partial charge >= 0.3 is 0 Å². The largest absolute Gasteiger partial charge is 0.277 e. The minimum absolute atomic E-state index is 0.0691. The number of rotatable bonds is 16. The third-order valence-electron chi connectivity index (χ3n) is 3.76.